The molecular weight excluding hydrogens is 325 g/mol. The molecule has 0 bridgehead atoms. The van der Waals surface area contributed by atoms with Gasteiger partial charge in [-0.3, -0.25) is 0 Å². The third-order valence-electron chi connectivity index (χ3n) is 5.16. The first-order valence-corrected chi connectivity index (χ1v) is 11.8. The van der Waals surface area contributed by atoms with Crippen LogP contribution < -0.4 is 0 Å². The molecule has 0 aliphatic rings. The number of hydrogen-bond donors (Lipinski definition) is 0. The van der Waals surface area contributed by atoms with E-state index < -0.39 is 7.71 Å². The second-order valence-electron chi connectivity index (χ2n) is 6.21. The lowest BCUT2D eigenvalue weighted by Crippen LogP contribution is -2.46. The monoisotopic (exact) mass is 364 g/mol. The van der Waals surface area contributed by atoms with Crippen molar-refractivity contribution < 1.29 is 0 Å². The first-order valence-electron chi connectivity index (χ1n) is 9.93. The highest BCUT2D eigenvalue weighted by Crippen LogP contribution is 2.69. The normalized spacial score (nSPS) is 12.4. The van der Waals surface area contributed by atoms with Crippen LogP contribution in [0.3, 0.4) is 0 Å². The minimum absolute atomic E-state index is 1.10. The molecule has 4 heteroatoms. The van der Waals surface area contributed by atoms with Gasteiger partial charge in [-0.1, -0.05) is 36.9 Å². The molecule has 0 fully saturated rings. The van der Waals surface area contributed by atoms with E-state index in [0.717, 1.165) is 45.4 Å². The Labute approximate surface area is 157 Å². The highest BCUT2D eigenvalue weighted by atomic mass is 31.2. The van der Waals surface area contributed by atoms with Crippen LogP contribution in [0.4, 0.5) is 0 Å². The average molecular weight is 365 g/mol. The van der Waals surface area contributed by atoms with E-state index in [1.807, 2.05) is 6.08 Å². The van der Waals surface area contributed by atoms with E-state index >= 15 is 0 Å². The largest absolute Gasteiger partial charge is 0.231 e. The summed E-state index contributed by atoms with van der Waals surface area (Å²) in [5.74, 6) is 0. The molecule has 3 nitrogen and oxygen atoms in total. The van der Waals surface area contributed by atoms with Crippen LogP contribution in [0.5, 0.6) is 0 Å². The molecule has 0 saturated carbocycles. The van der Waals surface area contributed by atoms with Gasteiger partial charge in [0, 0.05) is 39.3 Å². The lowest BCUT2D eigenvalue weighted by molar-refractivity contribution is 0.327. The molecule has 0 unspecified atom stereocenters. The number of nitrogens with zero attached hydrogens (tertiary/aromatic N) is 3. The summed E-state index contributed by atoms with van der Waals surface area (Å²) in [7, 11) is -1.60. The Morgan fingerprint density at radius 1 is 0.720 bits per heavy atom. The molecule has 0 heterocycles. The third-order valence-corrected chi connectivity index (χ3v) is 10.4. The number of rotatable bonds is 12. The van der Waals surface area contributed by atoms with E-state index in [4.69, 9.17) is 0 Å². The zero-order valence-electron chi connectivity index (χ0n) is 17.3. The van der Waals surface area contributed by atoms with E-state index in [9.17, 15) is 0 Å². The summed E-state index contributed by atoms with van der Waals surface area (Å²) in [6.07, 6.45) is 3.04. The molecule has 0 aliphatic heterocycles. The first-order chi connectivity index (χ1) is 12.1. The van der Waals surface area contributed by atoms with Gasteiger partial charge < -0.3 is 0 Å². The number of benzene rings is 1. The standard InChI is InChI=1S/C21H39N3P/c1-8-20-15-17-21(18-16-20)19-25(22(9-2)10-3,23(11-4)12-5)24(13-6)14-7/h8,15-18H,1,9-14,19H2,2-7H3/q+1. The minimum Gasteiger partial charge on any atom is -0.149 e. The van der Waals surface area contributed by atoms with E-state index in [0.29, 0.717) is 0 Å². The third kappa shape index (κ3) is 4.92. The molecule has 0 spiro atoms. The fourth-order valence-corrected chi connectivity index (χ4v) is 8.96. The minimum atomic E-state index is -1.60. The Balaban J connectivity index is 3.45. The van der Waals surface area contributed by atoms with Crippen LogP contribution in [-0.4, -0.2) is 53.3 Å². The van der Waals surface area contributed by atoms with E-state index in [-0.39, 0.29) is 0 Å². The molecule has 1 aromatic rings. The summed E-state index contributed by atoms with van der Waals surface area (Å²) in [5.41, 5.74) is 2.63. The van der Waals surface area contributed by atoms with Gasteiger partial charge in [-0.05, 0) is 52.7 Å². The van der Waals surface area contributed by atoms with Crippen LogP contribution in [0.2, 0.25) is 0 Å². The molecule has 0 atom stereocenters. The van der Waals surface area contributed by atoms with Crippen molar-refractivity contribution in [2.45, 2.75) is 47.7 Å². The van der Waals surface area contributed by atoms with Crippen LogP contribution in [0.1, 0.15) is 52.7 Å². The molecule has 0 aliphatic carbocycles. The van der Waals surface area contributed by atoms with Crippen molar-refractivity contribution >= 4 is 13.8 Å². The highest BCUT2D eigenvalue weighted by molar-refractivity contribution is 7.68. The SMILES string of the molecule is C=Cc1ccc(C[P+](N(CC)CC)(N(CC)CC)N(CC)CC)cc1. The quantitative estimate of drug-likeness (QED) is 0.446. The van der Waals surface area contributed by atoms with Crippen molar-refractivity contribution in [2.24, 2.45) is 0 Å². The zero-order valence-corrected chi connectivity index (χ0v) is 18.2. The maximum absolute atomic E-state index is 3.88. The molecule has 0 N–H and O–H groups in total. The van der Waals surface area contributed by atoms with Crippen molar-refractivity contribution in [3.05, 3.63) is 42.0 Å². The van der Waals surface area contributed by atoms with Crippen molar-refractivity contribution in [1.82, 2.24) is 14.0 Å². The maximum atomic E-state index is 3.88. The average Bonchev–Trinajstić information content (AvgIpc) is 2.65. The predicted molar refractivity (Wildman–Crippen MR) is 116 cm³/mol. The maximum Gasteiger partial charge on any atom is 0.231 e. The summed E-state index contributed by atoms with van der Waals surface area (Å²) in [6.45, 7) is 24.3. The van der Waals surface area contributed by atoms with Gasteiger partial charge in [0.05, 0.1) is 0 Å². The van der Waals surface area contributed by atoms with Crippen molar-refractivity contribution in [3.63, 3.8) is 0 Å². The van der Waals surface area contributed by atoms with Gasteiger partial charge >= 0.3 is 0 Å². The van der Waals surface area contributed by atoms with Gasteiger partial charge in [-0.25, -0.2) is 0 Å². The first kappa shape index (κ1) is 22.3. The molecular formula is C21H39N3P+. The second-order valence-corrected chi connectivity index (χ2v) is 9.61. The summed E-state index contributed by atoms with van der Waals surface area (Å²) in [4.78, 5) is 0. The van der Waals surface area contributed by atoms with E-state index in [2.05, 4.69) is 86.4 Å². The van der Waals surface area contributed by atoms with Crippen LogP contribution >= 0.6 is 7.71 Å². The van der Waals surface area contributed by atoms with Crippen LogP contribution in [-0.2, 0) is 6.16 Å². The van der Waals surface area contributed by atoms with Crippen molar-refractivity contribution in [3.8, 4) is 0 Å². The molecule has 25 heavy (non-hydrogen) atoms. The Bertz CT molecular complexity index is 457. The molecule has 1 aromatic carbocycles. The van der Waals surface area contributed by atoms with Gasteiger partial charge in [-0.15, -0.1) is 14.0 Å². The van der Waals surface area contributed by atoms with Gasteiger partial charge in [0.2, 0.25) is 7.71 Å². The van der Waals surface area contributed by atoms with Crippen LogP contribution in [0, 0.1) is 0 Å². The lowest BCUT2D eigenvalue weighted by atomic mass is 10.1. The van der Waals surface area contributed by atoms with Crippen LogP contribution in [0.15, 0.2) is 30.8 Å². The molecule has 0 amide bonds. The summed E-state index contributed by atoms with van der Waals surface area (Å²) in [5, 5.41) is 0. The summed E-state index contributed by atoms with van der Waals surface area (Å²) in [6, 6.07) is 8.98. The Kier molecular flexibility index (Phi) is 9.89. The smallest absolute Gasteiger partial charge is 0.149 e. The highest BCUT2D eigenvalue weighted by Gasteiger charge is 2.53. The number of hydrogen-bond acceptors (Lipinski definition) is 3. The molecule has 1 rings (SSSR count). The van der Waals surface area contributed by atoms with Crippen molar-refractivity contribution in [2.75, 3.05) is 39.3 Å². The van der Waals surface area contributed by atoms with E-state index in [1.165, 1.54) is 11.1 Å². The van der Waals surface area contributed by atoms with E-state index in [1.54, 1.807) is 0 Å². The Morgan fingerprint density at radius 3 is 1.36 bits per heavy atom. The summed E-state index contributed by atoms with van der Waals surface area (Å²) < 4.78 is 8.23. The van der Waals surface area contributed by atoms with Gasteiger partial charge in [0.1, 0.15) is 6.16 Å². The molecule has 0 saturated heterocycles. The van der Waals surface area contributed by atoms with Crippen molar-refractivity contribution in [1.29, 1.82) is 0 Å². The lowest BCUT2D eigenvalue weighted by Gasteiger charge is -2.46. The van der Waals surface area contributed by atoms with Crippen LogP contribution in [0.25, 0.3) is 6.08 Å². The molecule has 0 aromatic heterocycles. The predicted octanol–water partition coefficient (Wildman–Crippen LogP) is 5.62. The summed E-state index contributed by atoms with van der Waals surface area (Å²) >= 11 is 0. The van der Waals surface area contributed by atoms with Gasteiger partial charge in [0.25, 0.3) is 0 Å². The van der Waals surface area contributed by atoms with Gasteiger partial charge in [0.15, 0.2) is 0 Å². The topological polar surface area (TPSA) is 9.72 Å². The Hall–Kier alpha value is -0.730. The zero-order chi connectivity index (χ0) is 18.9. The van der Waals surface area contributed by atoms with Gasteiger partial charge in [-0.2, -0.15) is 0 Å². The molecule has 0 radical (unpaired) electrons. The molecule has 142 valence electrons. The Morgan fingerprint density at radius 2 is 1.08 bits per heavy atom. The second kappa shape index (κ2) is 11.1. The fraction of sp³-hybridized carbons (Fsp3) is 0.619. The fourth-order valence-electron chi connectivity index (χ4n) is 3.87.